The molecule has 1 heterocycles. The Labute approximate surface area is 108 Å². The number of nitrogens with two attached hydrogens (primary N) is 1. The van der Waals surface area contributed by atoms with Gasteiger partial charge in [0.15, 0.2) is 0 Å². The Kier molecular flexibility index (Phi) is 3.59. The summed E-state index contributed by atoms with van der Waals surface area (Å²) in [6.07, 6.45) is -0.999. The number of nitrogens with zero attached hydrogens (tertiary/aromatic N) is 2. The van der Waals surface area contributed by atoms with E-state index in [2.05, 4.69) is 10.4 Å². The highest BCUT2D eigenvalue weighted by Gasteiger charge is 2.30. The zero-order valence-electron chi connectivity index (χ0n) is 10.1. The number of aryl methyl sites for hydroxylation is 1. The summed E-state index contributed by atoms with van der Waals surface area (Å²) in [4.78, 5) is 4.13. The van der Waals surface area contributed by atoms with Crippen molar-refractivity contribution >= 4 is 0 Å². The van der Waals surface area contributed by atoms with Gasteiger partial charge in [0.1, 0.15) is 11.9 Å². The molecule has 3 N–H and O–H groups in total. The first-order chi connectivity index (χ1) is 8.93. The fourth-order valence-corrected chi connectivity index (χ4v) is 1.84. The predicted molar refractivity (Wildman–Crippen MR) is 63.8 cm³/mol. The summed E-state index contributed by atoms with van der Waals surface area (Å²) in [6.45, 7) is 0. The highest BCUT2D eigenvalue weighted by atomic mass is 19.4. The first kappa shape index (κ1) is 13.6. The lowest BCUT2D eigenvalue weighted by atomic mass is 10.0. The van der Waals surface area contributed by atoms with Crippen molar-refractivity contribution in [2.75, 3.05) is 0 Å². The number of alkyl halides is 3. The quantitative estimate of drug-likeness (QED) is 0.662. The minimum Gasteiger partial charge on any atom is -0.336 e. The van der Waals surface area contributed by atoms with E-state index in [-0.39, 0.29) is 0 Å². The van der Waals surface area contributed by atoms with Crippen LogP contribution >= 0.6 is 0 Å². The van der Waals surface area contributed by atoms with E-state index in [0.717, 1.165) is 12.1 Å². The summed E-state index contributed by atoms with van der Waals surface area (Å²) in [6, 6.07) is 4.39. The number of imidazole rings is 1. The number of nitrogens with one attached hydrogen (secondary N) is 1. The monoisotopic (exact) mass is 270 g/mol. The molecule has 0 aliphatic rings. The second kappa shape index (κ2) is 5.02. The third-order valence-corrected chi connectivity index (χ3v) is 2.85. The van der Waals surface area contributed by atoms with Crippen LogP contribution in [0.4, 0.5) is 13.2 Å². The molecule has 102 valence electrons. The Morgan fingerprint density at radius 2 is 1.89 bits per heavy atom. The predicted octanol–water partition coefficient (Wildman–Crippen LogP) is 1.99. The molecule has 0 saturated heterocycles. The average Bonchev–Trinajstić information content (AvgIpc) is 2.76. The smallest absolute Gasteiger partial charge is 0.336 e. The van der Waals surface area contributed by atoms with E-state index >= 15 is 0 Å². The fourth-order valence-electron chi connectivity index (χ4n) is 1.84. The Balaban J connectivity index is 2.33. The Morgan fingerprint density at radius 3 is 2.32 bits per heavy atom. The molecule has 0 bridgehead atoms. The van der Waals surface area contributed by atoms with Gasteiger partial charge in [-0.3, -0.25) is 5.84 Å². The van der Waals surface area contributed by atoms with E-state index in [1.165, 1.54) is 12.1 Å². The van der Waals surface area contributed by atoms with E-state index in [0.29, 0.717) is 11.4 Å². The standard InChI is InChI=1S/C12H13F3N4/c1-19-7-6-17-11(19)10(18-16)8-2-4-9(5-3-8)12(13,14)15/h2-7,10,18H,16H2,1H3. The third-order valence-electron chi connectivity index (χ3n) is 2.85. The normalized spacial score (nSPS) is 13.5. The summed E-state index contributed by atoms with van der Waals surface area (Å²) >= 11 is 0. The Bertz CT molecular complexity index is 545. The number of hydrazine groups is 1. The van der Waals surface area contributed by atoms with Gasteiger partial charge in [0.25, 0.3) is 0 Å². The van der Waals surface area contributed by atoms with Gasteiger partial charge in [0.2, 0.25) is 0 Å². The molecule has 0 radical (unpaired) electrons. The number of rotatable bonds is 3. The Morgan fingerprint density at radius 1 is 1.26 bits per heavy atom. The largest absolute Gasteiger partial charge is 0.416 e. The number of halogens is 3. The molecule has 0 saturated carbocycles. The van der Waals surface area contributed by atoms with Gasteiger partial charge < -0.3 is 4.57 Å². The van der Waals surface area contributed by atoms with Crippen molar-refractivity contribution < 1.29 is 13.2 Å². The highest BCUT2D eigenvalue weighted by Crippen LogP contribution is 2.30. The molecular weight excluding hydrogens is 257 g/mol. The maximum absolute atomic E-state index is 12.5. The molecule has 0 spiro atoms. The van der Waals surface area contributed by atoms with Crippen LogP contribution < -0.4 is 11.3 Å². The lowest BCUT2D eigenvalue weighted by molar-refractivity contribution is -0.137. The van der Waals surface area contributed by atoms with Crippen molar-refractivity contribution in [3.8, 4) is 0 Å². The van der Waals surface area contributed by atoms with E-state index in [4.69, 9.17) is 5.84 Å². The molecule has 4 nitrogen and oxygen atoms in total. The average molecular weight is 270 g/mol. The maximum Gasteiger partial charge on any atom is 0.416 e. The minimum absolute atomic E-state index is 0.456. The fraction of sp³-hybridized carbons (Fsp3) is 0.250. The van der Waals surface area contributed by atoms with Crippen molar-refractivity contribution in [2.24, 2.45) is 12.9 Å². The van der Waals surface area contributed by atoms with Gasteiger partial charge >= 0.3 is 6.18 Å². The van der Waals surface area contributed by atoms with Crippen LogP contribution in [0.25, 0.3) is 0 Å². The summed E-state index contributed by atoms with van der Waals surface area (Å²) in [5, 5.41) is 0. The molecule has 1 atom stereocenters. The van der Waals surface area contributed by atoms with Gasteiger partial charge in [-0.1, -0.05) is 12.1 Å². The first-order valence-electron chi connectivity index (χ1n) is 5.54. The zero-order chi connectivity index (χ0) is 14.0. The van der Waals surface area contributed by atoms with Gasteiger partial charge in [0, 0.05) is 19.4 Å². The maximum atomic E-state index is 12.5. The summed E-state index contributed by atoms with van der Waals surface area (Å²) in [5.74, 6) is 6.09. The van der Waals surface area contributed by atoms with Crippen LogP contribution in [0.15, 0.2) is 36.7 Å². The second-order valence-electron chi connectivity index (χ2n) is 4.12. The molecular formula is C12H13F3N4. The van der Waals surface area contributed by atoms with Crippen LogP contribution in [0, 0.1) is 0 Å². The third kappa shape index (κ3) is 2.77. The first-order valence-corrected chi connectivity index (χ1v) is 5.54. The van der Waals surface area contributed by atoms with Crippen LogP contribution in [-0.4, -0.2) is 9.55 Å². The molecule has 2 rings (SSSR count). The summed E-state index contributed by atoms with van der Waals surface area (Å²) in [5.41, 5.74) is 2.48. The second-order valence-corrected chi connectivity index (χ2v) is 4.12. The number of hydrogen-bond acceptors (Lipinski definition) is 3. The van der Waals surface area contributed by atoms with Crippen molar-refractivity contribution in [2.45, 2.75) is 12.2 Å². The van der Waals surface area contributed by atoms with Crippen molar-refractivity contribution in [1.29, 1.82) is 0 Å². The van der Waals surface area contributed by atoms with Gasteiger partial charge in [-0.2, -0.15) is 13.2 Å². The van der Waals surface area contributed by atoms with E-state index in [1.807, 2.05) is 0 Å². The number of aromatic nitrogens is 2. The van der Waals surface area contributed by atoms with Crippen LogP contribution in [0.1, 0.15) is 23.0 Å². The molecule has 1 aromatic heterocycles. The van der Waals surface area contributed by atoms with E-state index in [9.17, 15) is 13.2 Å². The lowest BCUT2D eigenvalue weighted by Crippen LogP contribution is -2.30. The molecule has 1 unspecified atom stereocenters. The molecule has 0 amide bonds. The van der Waals surface area contributed by atoms with Crippen molar-refractivity contribution in [1.82, 2.24) is 15.0 Å². The molecule has 19 heavy (non-hydrogen) atoms. The lowest BCUT2D eigenvalue weighted by Gasteiger charge is -2.17. The SMILES string of the molecule is Cn1ccnc1C(NN)c1ccc(C(F)(F)F)cc1. The highest BCUT2D eigenvalue weighted by molar-refractivity contribution is 5.30. The van der Waals surface area contributed by atoms with Gasteiger partial charge in [-0.15, -0.1) is 0 Å². The zero-order valence-corrected chi connectivity index (χ0v) is 10.1. The van der Waals surface area contributed by atoms with Crippen molar-refractivity contribution in [3.05, 3.63) is 53.6 Å². The summed E-state index contributed by atoms with van der Waals surface area (Å²) in [7, 11) is 1.79. The Hall–Kier alpha value is -1.86. The van der Waals surface area contributed by atoms with Crippen LogP contribution in [0.2, 0.25) is 0 Å². The molecule has 0 fully saturated rings. The molecule has 0 aliphatic heterocycles. The molecule has 7 heteroatoms. The van der Waals surface area contributed by atoms with Crippen LogP contribution in [0.3, 0.4) is 0 Å². The number of benzene rings is 1. The van der Waals surface area contributed by atoms with Crippen LogP contribution in [0.5, 0.6) is 0 Å². The van der Waals surface area contributed by atoms with Gasteiger partial charge in [0.05, 0.1) is 5.56 Å². The molecule has 1 aromatic carbocycles. The van der Waals surface area contributed by atoms with Gasteiger partial charge in [-0.25, -0.2) is 10.4 Å². The van der Waals surface area contributed by atoms with E-state index in [1.54, 1.807) is 24.0 Å². The minimum atomic E-state index is -4.34. The number of hydrogen-bond donors (Lipinski definition) is 2. The van der Waals surface area contributed by atoms with Gasteiger partial charge in [-0.05, 0) is 17.7 Å². The molecule has 2 aromatic rings. The summed E-state index contributed by atoms with van der Waals surface area (Å²) < 4.78 is 39.2. The topological polar surface area (TPSA) is 55.9 Å². The van der Waals surface area contributed by atoms with E-state index < -0.39 is 17.8 Å². The molecule has 0 aliphatic carbocycles. The van der Waals surface area contributed by atoms with Crippen molar-refractivity contribution in [3.63, 3.8) is 0 Å². The van der Waals surface area contributed by atoms with Crippen LogP contribution in [-0.2, 0) is 13.2 Å².